The van der Waals surface area contributed by atoms with Gasteiger partial charge in [-0.3, -0.25) is 0 Å². The largest absolute Gasteiger partial charge is 0.516 e. The number of aldehydes is 1. The van der Waals surface area contributed by atoms with E-state index in [4.69, 9.17) is 29.8 Å². The molecule has 0 radical (unpaired) electrons. The lowest BCUT2D eigenvalue weighted by Gasteiger charge is -2.70. The number of nitrogens with two attached hydrogens (primary N) is 1. The van der Waals surface area contributed by atoms with Crippen molar-refractivity contribution in [3.63, 3.8) is 0 Å². The predicted octanol–water partition coefficient (Wildman–Crippen LogP) is 16.2. The van der Waals surface area contributed by atoms with Crippen molar-refractivity contribution in [2.75, 3.05) is 20.3 Å². The van der Waals surface area contributed by atoms with E-state index in [2.05, 4.69) is 85.9 Å². The SMILES string of the molecule is C/C=C/C.C=C/C=C/c1ccc(CC)c(OCC)c1.C=CO.CC(C)=O.CC=O.COc1ccc(/C=C/C(=O)OC2CCC3(C)[C@H]4CC=C5C6CC(C)(C)CCC6(CN)CC[C@@]5(C)C4(C)CC[C@H]3C2C)cc1C. The summed E-state index contributed by atoms with van der Waals surface area (Å²) in [6.07, 6.45) is 30.7. The first-order chi connectivity index (χ1) is 34.5. The number of aliphatic hydroxyl groups excluding tert-OH is 1. The van der Waals surface area contributed by atoms with Crippen molar-refractivity contribution in [3.05, 3.63) is 120 Å². The van der Waals surface area contributed by atoms with Crippen LogP contribution in [0.3, 0.4) is 0 Å². The fraction of sp³-hybridized carbons (Fsp3) is 0.585. The maximum Gasteiger partial charge on any atom is 0.331 e. The first-order valence-electron chi connectivity index (χ1n) is 27.2. The number of hydrogen-bond acceptors (Lipinski definition) is 8. The molecule has 0 aliphatic heterocycles. The number of benzene rings is 2. The number of ether oxygens (including phenoxy) is 3. The topological polar surface area (TPSA) is 125 Å². The zero-order valence-electron chi connectivity index (χ0n) is 48.2. The molecule has 8 heteroatoms. The Labute approximate surface area is 444 Å². The fourth-order valence-electron chi connectivity index (χ4n) is 13.3. The van der Waals surface area contributed by atoms with Gasteiger partial charge < -0.3 is 34.6 Å². The third kappa shape index (κ3) is 16.3. The molecule has 8 nitrogen and oxygen atoms in total. The van der Waals surface area contributed by atoms with Gasteiger partial charge in [-0.05, 0) is 223 Å². The second kappa shape index (κ2) is 29.8. The van der Waals surface area contributed by atoms with Gasteiger partial charge in [-0.25, -0.2) is 4.79 Å². The molecular formula is C65H99NO7. The van der Waals surface area contributed by atoms with Gasteiger partial charge in [-0.1, -0.05) is 122 Å². The molecule has 6 unspecified atom stereocenters. The van der Waals surface area contributed by atoms with Gasteiger partial charge in [-0.2, -0.15) is 0 Å². The summed E-state index contributed by atoms with van der Waals surface area (Å²) in [5, 5.41) is 7.33. The molecule has 3 N–H and O–H groups in total. The third-order valence-electron chi connectivity index (χ3n) is 17.4. The molecule has 5 aliphatic carbocycles. The Balaban J connectivity index is 0.000000516. The summed E-state index contributed by atoms with van der Waals surface area (Å²) >= 11 is 0. The minimum atomic E-state index is -0.224. The number of esters is 1. The first-order valence-corrected chi connectivity index (χ1v) is 27.2. The molecule has 0 spiro atoms. The number of aliphatic hydroxyl groups is 1. The number of allylic oxidation sites excluding steroid dienone is 6. The highest BCUT2D eigenvalue weighted by Crippen LogP contribution is 2.74. The van der Waals surface area contributed by atoms with Crippen LogP contribution in [0.4, 0.5) is 0 Å². The van der Waals surface area contributed by atoms with E-state index in [0.717, 1.165) is 66.5 Å². The van der Waals surface area contributed by atoms with Crippen molar-refractivity contribution in [1.82, 2.24) is 0 Å². The highest BCUT2D eigenvalue weighted by molar-refractivity contribution is 5.87. The Morgan fingerprint density at radius 2 is 1.47 bits per heavy atom. The lowest BCUT2D eigenvalue weighted by Crippen LogP contribution is -2.63. The van der Waals surface area contributed by atoms with Crippen LogP contribution in [0.1, 0.15) is 176 Å². The van der Waals surface area contributed by atoms with Crippen LogP contribution in [0.25, 0.3) is 12.2 Å². The van der Waals surface area contributed by atoms with Gasteiger partial charge in [0.15, 0.2) is 0 Å². The Hall–Kier alpha value is -4.95. The van der Waals surface area contributed by atoms with E-state index >= 15 is 0 Å². The molecular weight excluding hydrogens is 907 g/mol. The molecule has 4 fully saturated rings. The zero-order chi connectivity index (χ0) is 55.2. The molecule has 9 atom stereocenters. The number of aryl methyl sites for hydroxylation is 2. The summed E-state index contributed by atoms with van der Waals surface area (Å²) in [7, 11) is 1.68. The van der Waals surface area contributed by atoms with Crippen LogP contribution in [0.2, 0.25) is 0 Å². The number of Topliss-reactive ketones (excluding diaryl/α,β-unsaturated/α-hetero) is 1. The lowest BCUT2D eigenvalue weighted by molar-refractivity contribution is -0.188. The molecule has 5 aliphatic rings. The minimum Gasteiger partial charge on any atom is -0.516 e. The van der Waals surface area contributed by atoms with Gasteiger partial charge in [0.2, 0.25) is 0 Å². The van der Waals surface area contributed by atoms with E-state index in [-0.39, 0.29) is 28.7 Å². The average molecular weight is 1010 g/mol. The number of rotatable bonds is 10. The second-order valence-corrected chi connectivity index (χ2v) is 22.5. The summed E-state index contributed by atoms with van der Waals surface area (Å²) in [5.41, 5.74) is 14.4. The van der Waals surface area contributed by atoms with Crippen LogP contribution < -0.4 is 15.2 Å². The Bertz CT molecular complexity index is 2200. The number of carbonyl (C=O) groups excluding carboxylic acids is 3. The minimum absolute atomic E-state index is 0.0122. The summed E-state index contributed by atoms with van der Waals surface area (Å²) < 4.78 is 17.2. The van der Waals surface area contributed by atoms with Gasteiger partial charge in [0, 0.05) is 6.08 Å². The number of hydrogen-bond donors (Lipinski definition) is 2. The van der Waals surface area contributed by atoms with Gasteiger partial charge in [0.05, 0.1) is 20.0 Å². The van der Waals surface area contributed by atoms with E-state index in [1.54, 1.807) is 24.8 Å². The van der Waals surface area contributed by atoms with E-state index < -0.39 is 0 Å². The standard InChI is InChI=1S/C40H59NO3.C14H18O.C4H8.C3H6O.2C2H4O/c1-26-23-28(9-12-32(26)43-8)10-14-35(42)44-33-16-17-37(5)29(27(33)2)15-18-39(7)34(37)13-11-30-31-24-36(3,4)19-21-40(31,25-41)22-20-38(30,39)6;1-4-7-8-12-9-10-13(5-2)14(11-12)15-6-3;1-3-4-2;1-3(2)4;2*1-2-3/h9-12,14,23,27,29,31,33-34H,13,15-22,24-25,41H2,1-8H3;4,7-11H,1,5-6H2,2-3H3;3-4H,1-2H3;1-2H3;2H,1H3;2-3H,1H2/b14-10+;8-7+;4-3+;;;/t27?,29-,31?,33?,34+,37?,38+,39?,40?;;;;;/m0...../s1. The Morgan fingerprint density at radius 1 is 0.863 bits per heavy atom. The Morgan fingerprint density at radius 3 is 2.01 bits per heavy atom. The molecule has 0 amide bonds. The van der Waals surface area contributed by atoms with Crippen molar-refractivity contribution in [2.24, 2.45) is 56.5 Å². The average Bonchev–Trinajstić information content (AvgIpc) is 3.34. The van der Waals surface area contributed by atoms with Gasteiger partial charge in [0.25, 0.3) is 0 Å². The van der Waals surface area contributed by atoms with Crippen LogP contribution >= 0.6 is 0 Å². The maximum absolute atomic E-state index is 13.0. The molecule has 2 aromatic carbocycles. The van der Waals surface area contributed by atoms with E-state index in [0.29, 0.717) is 46.5 Å². The molecule has 2 aromatic rings. The summed E-state index contributed by atoms with van der Waals surface area (Å²) in [6, 6.07) is 12.3. The molecule has 4 saturated carbocycles. The number of ketones is 1. The quantitative estimate of drug-likeness (QED) is 0.0602. The molecule has 7 rings (SSSR count). The fourth-order valence-corrected chi connectivity index (χ4v) is 13.3. The molecule has 0 heterocycles. The van der Waals surface area contributed by atoms with E-state index in [9.17, 15) is 9.59 Å². The maximum atomic E-state index is 13.0. The lowest BCUT2D eigenvalue weighted by atomic mass is 9.34. The van der Waals surface area contributed by atoms with Crippen LogP contribution in [0, 0.1) is 57.7 Å². The van der Waals surface area contributed by atoms with E-state index in [1.807, 2.05) is 76.3 Å². The van der Waals surface area contributed by atoms with Gasteiger partial charge in [-0.15, -0.1) is 0 Å². The van der Waals surface area contributed by atoms with Crippen LogP contribution in [-0.4, -0.2) is 49.5 Å². The number of carbonyl (C=O) groups is 3. The normalized spacial score (nSPS) is 29.2. The van der Waals surface area contributed by atoms with E-state index in [1.165, 1.54) is 77.7 Å². The van der Waals surface area contributed by atoms with Gasteiger partial charge in [0.1, 0.15) is 29.7 Å². The molecule has 0 saturated heterocycles. The highest BCUT2D eigenvalue weighted by atomic mass is 16.5. The predicted molar refractivity (Wildman–Crippen MR) is 308 cm³/mol. The zero-order valence-corrected chi connectivity index (χ0v) is 48.2. The smallest absolute Gasteiger partial charge is 0.331 e. The van der Waals surface area contributed by atoms with Crippen molar-refractivity contribution >= 4 is 30.2 Å². The van der Waals surface area contributed by atoms with Crippen molar-refractivity contribution in [2.45, 2.75) is 174 Å². The van der Waals surface area contributed by atoms with Crippen molar-refractivity contribution < 1.29 is 33.7 Å². The summed E-state index contributed by atoms with van der Waals surface area (Å²) in [5.74, 6) is 4.05. The van der Waals surface area contributed by atoms with Crippen LogP contribution in [0.15, 0.2) is 97.8 Å². The van der Waals surface area contributed by atoms with Crippen LogP contribution in [0.5, 0.6) is 11.5 Å². The summed E-state index contributed by atoms with van der Waals surface area (Å²) in [4.78, 5) is 31.3. The first kappa shape index (κ1) is 64.2. The molecule has 0 bridgehead atoms. The van der Waals surface area contributed by atoms with Crippen molar-refractivity contribution in [3.8, 4) is 11.5 Å². The summed E-state index contributed by atoms with van der Waals surface area (Å²) in [6.45, 7) is 38.1. The monoisotopic (exact) mass is 1010 g/mol. The molecule has 0 aromatic heterocycles. The Kier molecular flexibility index (Phi) is 26.2. The molecule has 73 heavy (non-hydrogen) atoms. The second-order valence-electron chi connectivity index (χ2n) is 22.5. The highest BCUT2D eigenvalue weighted by Gasteiger charge is 2.67. The third-order valence-corrected chi connectivity index (χ3v) is 17.4. The van der Waals surface area contributed by atoms with Gasteiger partial charge >= 0.3 is 5.97 Å². The number of methoxy groups -OCH3 is 1. The number of fused-ring (bicyclic) bond motifs is 7. The van der Waals surface area contributed by atoms with Crippen molar-refractivity contribution in [1.29, 1.82) is 0 Å². The molecule has 406 valence electrons. The van der Waals surface area contributed by atoms with Crippen LogP contribution in [-0.2, 0) is 25.5 Å².